The Morgan fingerprint density at radius 2 is 2.00 bits per heavy atom. The molecule has 1 aromatic carbocycles. The minimum atomic E-state index is -0.221. The van der Waals surface area contributed by atoms with Gasteiger partial charge in [0.1, 0.15) is 0 Å². The van der Waals surface area contributed by atoms with Gasteiger partial charge in [-0.1, -0.05) is 23.9 Å². The van der Waals surface area contributed by atoms with Gasteiger partial charge < -0.3 is 4.90 Å². The lowest BCUT2D eigenvalue weighted by atomic mass is 10.2. The van der Waals surface area contributed by atoms with Gasteiger partial charge in [0.2, 0.25) is 5.16 Å². The van der Waals surface area contributed by atoms with Crippen molar-refractivity contribution in [2.24, 2.45) is 5.10 Å². The number of anilines is 1. The van der Waals surface area contributed by atoms with Crippen LogP contribution in [0.3, 0.4) is 0 Å². The molecule has 0 aliphatic rings. The van der Waals surface area contributed by atoms with E-state index in [0.717, 1.165) is 22.6 Å². The van der Waals surface area contributed by atoms with Gasteiger partial charge in [0.25, 0.3) is 11.7 Å². The van der Waals surface area contributed by atoms with Crippen molar-refractivity contribution in [2.45, 2.75) is 19.0 Å². The van der Waals surface area contributed by atoms with Gasteiger partial charge in [-0.05, 0) is 37.6 Å². The minimum Gasteiger partial charge on any atom is -0.378 e. The highest BCUT2D eigenvalue weighted by Crippen LogP contribution is 2.15. The summed E-state index contributed by atoms with van der Waals surface area (Å²) in [6, 6.07) is 9.80. The van der Waals surface area contributed by atoms with Crippen LogP contribution in [-0.4, -0.2) is 51.6 Å². The van der Waals surface area contributed by atoms with Gasteiger partial charge in [-0.2, -0.15) is 10.1 Å². The highest BCUT2D eigenvalue weighted by atomic mass is 32.2. The SMILES string of the molecule is Cc1cc(C)n2nc(SCC(=O)N/N=C/c3ccc(N(C)C)cc3)nc2n1. The summed E-state index contributed by atoms with van der Waals surface area (Å²) in [5, 5.41) is 8.86. The number of aromatic nitrogens is 4. The summed E-state index contributed by atoms with van der Waals surface area (Å²) in [7, 11) is 3.97. The van der Waals surface area contributed by atoms with Crippen LogP contribution >= 0.6 is 11.8 Å². The van der Waals surface area contributed by atoms with Crippen molar-refractivity contribution < 1.29 is 4.79 Å². The number of carbonyl (C=O) groups is 1. The molecule has 0 aliphatic heterocycles. The van der Waals surface area contributed by atoms with Crippen molar-refractivity contribution in [1.29, 1.82) is 0 Å². The van der Waals surface area contributed by atoms with Crippen LogP contribution in [0.4, 0.5) is 5.69 Å². The van der Waals surface area contributed by atoms with Gasteiger partial charge in [0, 0.05) is 31.2 Å². The molecule has 0 aliphatic carbocycles. The first-order valence-electron chi connectivity index (χ1n) is 8.35. The second-order valence-electron chi connectivity index (χ2n) is 6.21. The number of aryl methyl sites for hydroxylation is 2. The molecule has 3 aromatic rings. The summed E-state index contributed by atoms with van der Waals surface area (Å²) in [6.07, 6.45) is 1.61. The maximum absolute atomic E-state index is 12.0. The molecule has 0 unspecified atom stereocenters. The lowest BCUT2D eigenvalue weighted by molar-refractivity contribution is -0.118. The topological polar surface area (TPSA) is 87.8 Å². The molecule has 0 saturated heterocycles. The predicted molar refractivity (Wildman–Crippen MR) is 107 cm³/mol. The third-order valence-electron chi connectivity index (χ3n) is 3.74. The Kier molecular flexibility index (Phi) is 5.70. The molecule has 2 aromatic heterocycles. The maximum atomic E-state index is 12.0. The van der Waals surface area contributed by atoms with Crippen LogP contribution in [0.25, 0.3) is 5.78 Å². The number of thioether (sulfide) groups is 1. The summed E-state index contributed by atoms with van der Waals surface area (Å²) < 4.78 is 1.67. The number of rotatable bonds is 6. The van der Waals surface area contributed by atoms with Crippen LogP contribution in [0.5, 0.6) is 0 Å². The number of nitrogens with one attached hydrogen (secondary N) is 1. The third kappa shape index (κ3) is 4.82. The number of hydrogen-bond acceptors (Lipinski definition) is 7. The zero-order valence-corrected chi connectivity index (χ0v) is 16.5. The molecule has 0 spiro atoms. The summed E-state index contributed by atoms with van der Waals surface area (Å²) in [5.74, 6) is 0.488. The zero-order chi connectivity index (χ0) is 19.4. The Hall–Kier alpha value is -2.94. The van der Waals surface area contributed by atoms with Crippen LogP contribution in [0.2, 0.25) is 0 Å². The summed E-state index contributed by atoms with van der Waals surface area (Å²) in [5.41, 5.74) is 6.36. The fourth-order valence-corrected chi connectivity index (χ4v) is 3.02. The van der Waals surface area contributed by atoms with E-state index in [-0.39, 0.29) is 11.7 Å². The Morgan fingerprint density at radius 3 is 2.70 bits per heavy atom. The number of fused-ring (bicyclic) bond motifs is 1. The molecule has 2 heterocycles. The molecular formula is C18H21N7OS. The van der Waals surface area contributed by atoms with Crippen molar-refractivity contribution >= 4 is 35.3 Å². The van der Waals surface area contributed by atoms with Crippen molar-refractivity contribution in [2.75, 3.05) is 24.7 Å². The molecule has 140 valence electrons. The van der Waals surface area contributed by atoms with Crippen LogP contribution < -0.4 is 10.3 Å². The second kappa shape index (κ2) is 8.17. The first-order chi connectivity index (χ1) is 12.9. The molecule has 1 N–H and O–H groups in total. The number of hydrogen-bond donors (Lipinski definition) is 1. The molecule has 0 atom stereocenters. The largest absolute Gasteiger partial charge is 0.378 e. The van der Waals surface area contributed by atoms with Crippen molar-refractivity contribution in [1.82, 2.24) is 25.0 Å². The summed E-state index contributed by atoms with van der Waals surface area (Å²) in [6.45, 7) is 3.85. The Balaban J connectivity index is 1.53. The summed E-state index contributed by atoms with van der Waals surface area (Å²) in [4.78, 5) is 22.6. The van der Waals surface area contributed by atoms with E-state index in [1.54, 1.807) is 10.7 Å². The fourth-order valence-electron chi connectivity index (χ4n) is 2.41. The average Bonchev–Trinajstić information content (AvgIpc) is 3.03. The van der Waals surface area contributed by atoms with Gasteiger partial charge in [-0.3, -0.25) is 4.79 Å². The smallest absolute Gasteiger partial charge is 0.253 e. The first-order valence-corrected chi connectivity index (χ1v) is 9.34. The predicted octanol–water partition coefficient (Wildman–Crippen LogP) is 2.05. The Bertz CT molecular complexity index is 979. The molecule has 3 rings (SSSR count). The lowest BCUT2D eigenvalue weighted by Gasteiger charge is -2.11. The van der Waals surface area contributed by atoms with E-state index in [0.29, 0.717) is 10.9 Å². The number of hydrazone groups is 1. The molecule has 27 heavy (non-hydrogen) atoms. The quantitative estimate of drug-likeness (QED) is 0.398. The van der Waals surface area contributed by atoms with Gasteiger partial charge in [-0.15, -0.1) is 5.10 Å². The molecule has 0 saturated carbocycles. The van der Waals surface area contributed by atoms with Crippen LogP contribution in [-0.2, 0) is 4.79 Å². The fraction of sp³-hybridized carbons (Fsp3) is 0.278. The first kappa shape index (κ1) is 18.8. The van der Waals surface area contributed by atoms with Crippen LogP contribution in [0.15, 0.2) is 40.6 Å². The van der Waals surface area contributed by atoms with Crippen molar-refractivity contribution in [3.8, 4) is 0 Å². The van der Waals surface area contributed by atoms with Crippen molar-refractivity contribution in [3.05, 3.63) is 47.3 Å². The van der Waals surface area contributed by atoms with E-state index in [1.807, 2.05) is 63.2 Å². The van der Waals surface area contributed by atoms with E-state index < -0.39 is 0 Å². The van der Waals surface area contributed by atoms with Gasteiger partial charge in [0.15, 0.2) is 0 Å². The number of carbonyl (C=O) groups excluding carboxylic acids is 1. The molecule has 8 nitrogen and oxygen atoms in total. The third-order valence-corrected chi connectivity index (χ3v) is 4.58. The minimum absolute atomic E-state index is 0.172. The van der Waals surface area contributed by atoms with Gasteiger partial charge >= 0.3 is 0 Å². The van der Waals surface area contributed by atoms with E-state index in [9.17, 15) is 4.79 Å². The second-order valence-corrected chi connectivity index (χ2v) is 7.16. The summed E-state index contributed by atoms with van der Waals surface area (Å²) >= 11 is 1.25. The molecule has 9 heteroatoms. The van der Waals surface area contributed by atoms with Crippen molar-refractivity contribution in [3.63, 3.8) is 0 Å². The Labute approximate surface area is 161 Å². The molecule has 0 fully saturated rings. The van der Waals surface area contributed by atoms with E-state index in [2.05, 4.69) is 25.6 Å². The highest BCUT2D eigenvalue weighted by Gasteiger charge is 2.10. The molecular weight excluding hydrogens is 362 g/mol. The van der Waals surface area contributed by atoms with Gasteiger partial charge in [-0.25, -0.2) is 14.9 Å². The van der Waals surface area contributed by atoms with Gasteiger partial charge in [0.05, 0.1) is 12.0 Å². The Morgan fingerprint density at radius 1 is 1.26 bits per heavy atom. The zero-order valence-electron chi connectivity index (χ0n) is 15.7. The normalized spacial score (nSPS) is 11.3. The number of benzene rings is 1. The molecule has 1 amide bonds. The monoisotopic (exact) mass is 383 g/mol. The number of amides is 1. The van der Waals surface area contributed by atoms with E-state index in [1.165, 1.54) is 11.8 Å². The average molecular weight is 383 g/mol. The maximum Gasteiger partial charge on any atom is 0.253 e. The van der Waals surface area contributed by atoms with E-state index in [4.69, 9.17) is 0 Å². The van der Waals surface area contributed by atoms with E-state index >= 15 is 0 Å². The van der Waals surface area contributed by atoms with Crippen LogP contribution in [0.1, 0.15) is 17.0 Å². The highest BCUT2D eigenvalue weighted by molar-refractivity contribution is 7.99. The lowest BCUT2D eigenvalue weighted by Crippen LogP contribution is -2.19. The number of nitrogens with zero attached hydrogens (tertiary/aromatic N) is 6. The van der Waals surface area contributed by atoms with Crippen LogP contribution in [0, 0.1) is 13.8 Å². The standard InChI is InChI=1S/C18H21N7OS/c1-12-9-13(2)25-17(20-12)21-18(23-25)27-11-16(26)22-19-10-14-5-7-15(8-6-14)24(3)4/h5-10H,11H2,1-4H3,(H,22,26)/b19-10+. The molecule has 0 radical (unpaired) electrons. The molecule has 0 bridgehead atoms.